The van der Waals surface area contributed by atoms with Crippen LogP contribution in [-0.4, -0.2) is 23.0 Å². The van der Waals surface area contributed by atoms with Gasteiger partial charge in [0.1, 0.15) is 0 Å². The SMILES string of the molecule is CCC1(CC)CN=C(NC(C)(C)C2CC2)SC1. The van der Waals surface area contributed by atoms with Crippen molar-refractivity contribution in [2.24, 2.45) is 16.3 Å². The van der Waals surface area contributed by atoms with Gasteiger partial charge in [-0.1, -0.05) is 25.6 Å². The zero-order chi connectivity index (χ0) is 12.5. The van der Waals surface area contributed by atoms with Crippen LogP contribution < -0.4 is 5.32 Å². The predicted molar refractivity (Wildman–Crippen MR) is 77.7 cm³/mol. The van der Waals surface area contributed by atoms with E-state index in [4.69, 9.17) is 4.99 Å². The monoisotopic (exact) mass is 254 g/mol. The summed E-state index contributed by atoms with van der Waals surface area (Å²) in [6.07, 6.45) is 5.26. The van der Waals surface area contributed by atoms with Gasteiger partial charge in [-0.2, -0.15) is 0 Å². The Bertz CT molecular complexity index is 301. The summed E-state index contributed by atoms with van der Waals surface area (Å²) in [7, 11) is 0. The van der Waals surface area contributed by atoms with E-state index < -0.39 is 0 Å². The summed E-state index contributed by atoms with van der Waals surface area (Å²) in [6.45, 7) is 10.2. The van der Waals surface area contributed by atoms with Crippen LogP contribution in [0.4, 0.5) is 0 Å². The van der Waals surface area contributed by atoms with E-state index in [0.717, 1.165) is 12.5 Å². The van der Waals surface area contributed by atoms with Crippen molar-refractivity contribution in [2.75, 3.05) is 12.3 Å². The second-order valence-electron chi connectivity index (χ2n) is 6.24. The Kier molecular flexibility index (Phi) is 3.77. The lowest BCUT2D eigenvalue weighted by atomic mass is 9.84. The fraction of sp³-hybridized carbons (Fsp3) is 0.929. The predicted octanol–water partition coefficient (Wildman–Crippen LogP) is 3.67. The van der Waals surface area contributed by atoms with Gasteiger partial charge in [0.2, 0.25) is 0 Å². The van der Waals surface area contributed by atoms with Crippen LogP contribution in [-0.2, 0) is 0 Å². The Labute approximate surface area is 110 Å². The van der Waals surface area contributed by atoms with Crippen molar-refractivity contribution in [3.8, 4) is 0 Å². The Balaban J connectivity index is 1.94. The molecule has 2 aliphatic rings. The van der Waals surface area contributed by atoms with E-state index >= 15 is 0 Å². The van der Waals surface area contributed by atoms with Crippen LogP contribution in [0.3, 0.4) is 0 Å². The van der Waals surface area contributed by atoms with Crippen LogP contribution in [0.15, 0.2) is 4.99 Å². The minimum atomic E-state index is 0.240. The molecule has 0 unspecified atom stereocenters. The maximum Gasteiger partial charge on any atom is 0.157 e. The molecule has 0 aromatic carbocycles. The summed E-state index contributed by atoms with van der Waals surface area (Å²) in [5, 5.41) is 4.84. The molecule has 3 heteroatoms. The third kappa shape index (κ3) is 2.98. The minimum Gasteiger partial charge on any atom is -0.360 e. The van der Waals surface area contributed by atoms with Crippen molar-refractivity contribution in [1.29, 1.82) is 0 Å². The van der Waals surface area contributed by atoms with Gasteiger partial charge in [0.15, 0.2) is 5.17 Å². The summed E-state index contributed by atoms with van der Waals surface area (Å²) in [5.41, 5.74) is 0.698. The van der Waals surface area contributed by atoms with Gasteiger partial charge in [0, 0.05) is 17.8 Å². The fourth-order valence-electron chi connectivity index (χ4n) is 2.49. The summed E-state index contributed by atoms with van der Waals surface area (Å²) in [4.78, 5) is 4.79. The first-order valence-electron chi connectivity index (χ1n) is 6.97. The average molecular weight is 254 g/mol. The van der Waals surface area contributed by atoms with Gasteiger partial charge in [-0.15, -0.1) is 0 Å². The van der Waals surface area contributed by atoms with Crippen molar-refractivity contribution in [3.05, 3.63) is 0 Å². The topological polar surface area (TPSA) is 24.4 Å². The summed E-state index contributed by atoms with van der Waals surface area (Å²) >= 11 is 1.93. The van der Waals surface area contributed by atoms with Crippen molar-refractivity contribution < 1.29 is 0 Å². The number of nitrogens with zero attached hydrogens (tertiary/aromatic N) is 1. The van der Waals surface area contributed by atoms with Gasteiger partial charge in [-0.25, -0.2) is 0 Å². The first-order chi connectivity index (χ1) is 8.01. The molecule has 0 atom stereocenters. The number of amidine groups is 1. The molecule has 0 amide bonds. The maximum absolute atomic E-state index is 4.79. The molecule has 2 nitrogen and oxygen atoms in total. The van der Waals surface area contributed by atoms with Crippen molar-refractivity contribution >= 4 is 16.9 Å². The molecule has 1 heterocycles. The van der Waals surface area contributed by atoms with Gasteiger partial charge in [0.05, 0.1) is 0 Å². The van der Waals surface area contributed by atoms with Crippen LogP contribution in [0, 0.1) is 11.3 Å². The Hall–Kier alpha value is -0.180. The quantitative estimate of drug-likeness (QED) is 0.827. The molecule has 1 fully saturated rings. The maximum atomic E-state index is 4.79. The van der Waals surface area contributed by atoms with Crippen LogP contribution >= 0.6 is 11.8 Å². The molecule has 1 N–H and O–H groups in total. The fourth-order valence-corrected chi connectivity index (χ4v) is 3.92. The lowest BCUT2D eigenvalue weighted by molar-refractivity contribution is 0.316. The summed E-state index contributed by atoms with van der Waals surface area (Å²) in [6, 6.07) is 0. The van der Waals surface area contributed by atoms with Crippen molar-refractivity contribution in [1.82, 2.24) is 5.32 Å². The number of nitrogens with one attached hydrogen (secondary N) is 1. The first-order valence-corrected chi connectivity index (χ1v) is 7.95. The van der Waals surface area contributed by atoms with Crippen LogP contribution in [0.25, 0.3) is 0 Å². The Morgan fingerprint density at radius 2 is 2.00 bits per heavy atom. The average Bonchev–Trinajstić information content (AvgIpc) is 3.14. The molecule has 0 aromatic heterocycles. The molecule has 98 valence electrons. The molecular formula is C14H26N2S. The molecule has 0 bridgehead atoms. The molecule has 1 aliphatic heterocycles. The largest absolute Gasteiger partial charge is 0.360 e. The molecule has 0 spiro atoms. The molecule has 0 saturated heterocycles. The van der Waals surface area contributed by atoms with Crippen LogP contribution in [0.2, 0.25) is 0 Å². The van der Waals surface area contributed by atoms with E-state index in [0.29, 0.717) is 5.41 Å². The number of hydrogen-bond donors (Lipinski definition) is 1. The van der Waals surface area contributed by atoms with E-state index in [9.17, 15) is 0 Å². The van der Waals surface area contributed by atoms with Gasteiger partial charge in [0.25, 0.3) is 0 Å². The molecule has 17 heavy (non-hydrogen) atoms. The Morgan fingerprint density at radius 3 is 2.41 bits per heavy atom. The molecule has 0 radical (unpaired) electrons. The smallest absolute Gasteiger partial charge is 0.157 e. The van der Waals surface area contributed by atoms with E-state index in [1.54, 1.807) is 0 Å². The third-order valence-corrected chi connectivity index (χ3v) is 5.86. The van der Waals surface area contributed by atoms with Gasteiger partial charge >= 0.3 is 0 Å². The third-order valence-electron chi connectivity index (χ3n) is 4.60. The van der Waals surface area contributed by atoms with Crippen LogP contribution in [0.5, 0.6) is 0 Å². The van der Waals surface area contributed by atoms with Gasteiger partial charge < -0.3 is 5.32 Å². The second kappa shape index (κ2) is 4.83. The van der Waals surface area contributed by atoms with E-state index in [1.807, 2.05) is 11.8 Å². The highest BCUT2D eigenvalue weighted by atomic mass is 32.2. The van der Waals surface area contributed by atoms with Gasteiger partial charge in [-0.05, 0) is 50.9 Å². The molecular weight excluding hydrogens is 228 g/mol. The molecule has 1 aliphatic carbocycles. The van der Waals surface area contributed by atoms with Crippen LogP contribution in [0.1, 0.15) is 53.4 Å². The summed E-state index contributed by atoms with van der Waals surface area (Å²) in [5.74, 6) is 2.09. The number of hydrogen-bond acceptors (Lipinski definition) is 3. The van der Waals surface area contributed by atoms with Crippen molar-refractivity contribution in [2.45, 2.75) is 58.9 Å². The second-order valence-corrected chi connectivity index (χ2v) is 7.20. The number of rotatable bonds is 4. The highest BCUT2D eigenvalue weighted by Gasteiger charge is 2.39. The lowest BCUT2D eigenvalue weighted by Crippen LogP contribution is -2.46. The van der Waals surface area contributed by atoms with E-state index in [1.165, 1.54) is 36.6 Å². The van der Waals surface area contributed by atoms with Crippen molar-refractivity contribution in [3.63, 3.8) is 0 Å². The summed E-state index contributed by atoms with van der Waals surface area (Å²) < 4.78 is 0. The standard InChI is InChI=1S/C14H26N2S/c1-5-14(6-2)9-15-12(17-10-14)16-13(3,4)11-7-8-11/h11H,5-10H2,1-4H3,(H,15,16). The highest BCUT2D eigenvalue weighted by Crippen LogP contribution is 2.40. The number of aliphatic imine (C=N–C) groups is 1. The minimum absolute atomic E-state index is 0.240. The molecule has 0 aromatic rings. The number of thioether (sulfide) groups is 1. The van der Waals surface area contributed by atoms with Gasteiger partial charge in [-0.3, -0.25) is 4.99 Å². The zero-order valence-corrected chi connectivity index (χ0v) is 12.5. The Morgan fingerprint density at radius 1 is 1.35 bits per heavy atom. The highest BCUT2D eigenvalue weighted by molar-refractivity contribution is 8.13. The zero-order valence-electron chi connectivity index (χ0n) is 11.7. The molecule has 2 rings (SSSR count). The normalized spacial score (nSPS) is 24.4. The van der Waals surface area contributed by atoms with E-state index in [-0.39, 0.29) is 5.54 Å². The molecule has 1 saturated carbocycles. The van der Waals surface area contributed by atoms with E-state index in [2.05, 4.69) is 33.0 Å². The first kappa shape index (κ1) is 13.3. The lowest BCUT2D eigenvalue weighted by Gasteiger charge is -2.36.